The van der Waals surface area contributed by atoms with Crippen molar-refractivity contribution in [2.45, 2.75) is 18.9 Å². The molecule has 20 heavy (non-hydrogen) atoms. The fourth-order valence-corrected chi connectivity index (χ4v) is 2.62. The predicted octanol–water partition coefficient (Wildman–Crippen LogP) is 1.73. The van der Waals surface area contributed by atoms with E-state index in [9.17, 15) is 4.79 Å². The van der Waals surface area contributed by atoms with Crippen LogP contribution in [0.15, 0.2) is 35.5 Å². The van der Waals surface area contributed by atoms with Gasteiger partial charge >= 0.3 is 0 Å². The highest BCUT2D eigenvalue weighted by Gasteiger charge is 2.29. The van der Waals surface area contributed by atoms with Crippen molar-refractivity contribution in [3.8, 4) is 0 Å². The van der Waals surface area contributed by atoms with Crippen LogP contribution in [0.2, 0.25) is 0 Å². The van der Waals surface area contributed by atoms with Crippen LogP contribution in [-0.4, -0.2) is 46.9 Å². The van der Waals surface area contributed by atoms with Gasteiger partial charge in [0.2, 0.25) is 5.91 Å². The summed E-state index contributed by atoms with van der Waals surface area (Å²) in [6.45, 7) is 1.97. The third kappa shape index (κ3) is 3.90. The first-order valence-corrected chi connectivity index (χ1v) is 7.70. The molecule has 1 amide bonds. The Hall–Kier alpha value is -1.69. The number of benzene rings is 1. The second-order valence-corrected chi connectivity index (χ2v) is 5.53. The van der Waals surface area contributed by atoms with E-state index in [1.54, 1.807) is 35.8 Å². The van der Waals surface area contributed by atoms with Crippen molar-refractivity contribution in [2.75, 3.05) is 19.1 Å². The number of amides is 1. The minimum Gasteiger partial charge on any atom is -0.409 e. The molecular weight excluding hydrogens is 274 g/mol. The van der Waals surface area contributed by atoms with Gasteiger partial charge in [-0.1, -0.05) is 35.5 Å². The van der Waals surface area contributed by atoms with E-state index in [-0.39, 0.29) is 17.8 Å². The Balaban J connectivity index is 3.04. The summed E-state index contributed by atoms with van der Waals surface area (Å²) in [5.41, 5.74) is 6.43. The SMILES string of the molecule is CSCC(C)N(C)C(=O)C(/C(N)=N/O)c1ccccc1. The molecular formula is C14H21N3O2S. The van der Waals surface area contributed by atoms with Crippen LogP contribution < -0.4 is 5.73 Å². The molecule has 1 aromatic rings. The minimum atomic E-state index is -0.754. The van der Waals surface area contributed by atoms with Gasteiger partial charge in [-0.25, -0.2) is 0 Å². The molecule has 0 fully saturated rings. The van der Waals surface area contributed by atoms with Crippen LogP contribution in [0.25, 0.3) is 0 Å². The van der Waals surface area contributed by atoms with E-state index in [0.29, 0.717) is 0 Å². The number of thioether (sulfide) groups is 1. The summed E-state index contributed by atoms with van der Waals surface area (Å²) < 4.78 is 0. The van der Waals surface area contributed by atoms with E-state index < -0.39 is 5.92 Å². The van der Waals surface area contributed by atoms with Gasteiger partial charge in [0.15, 0.2) is 5.84 Å². The fraction of sp³-hybridized carbons (Fsp3) is 0.429. The zero-order valence-electron chi connectivity index (χ0n) is 12.0. The molecule has 0 saturated carbocycles. The number of amidine groups is 1. The largest absolute Gasteiger partial charge is 0.409 e. The lowest BCUT2D eigenvalue weighted by Gasteiger charge is -2.28. The summed E-state index contributed by atoms with van der Waals surface area (Å²) in [5, 5.41) is 11.9. The maximum atomic E-state index is 12.6. The molecule has 6 heteroatoms. The van der Waals surface area contributed by atoms with E-state index in [1.165, 1.54) is 0 Å². The van der Waals surface area contributed by atoms with Gasteiger partial charge in [-0.05, 0) is 18.7 Å². The number of nitrogens with two attached hydrogens (primary N) is 1. The van der Waals surface area contributed by atoms with Crippen molar-refractivity contribution in [2.24, 2.45) is 10.9 Å². The molecule has 2 unspecified atom stereocenters. The lowest BCUT2D eigenvalue weighted by Crippen LogP contribution is -2.43. The predicted molar refractivity (Wildman–Crippen MR) is 83.2 cm³/mol. The van der Waals surface area contributed by atoms with Crippen LogP contribution in [0.4, 0.5) is 0 Å². The Labute approximate surface area is 123 Å². The van der Waals surface area contributed by atoms with Crippen molar-refractivity contribution in [1.29, 1.82) is 0 Å². The van der Waals surface area contributed by atoms with E-state index in [4.69, 9.17) is 10.9 Å². The molecule has 0 heterocycles. The summed E-state index contributed by atoms with van der Waals surface area (Å²) in [6.07, 6.45) is 1.99. The van der Waals surface area contributed by atoms with Gasteiger partial charge in [0.1, 0.15) is 5.92 Å². The highest BCUT2D eigenvalue weighted by molar-refractivity contribution is 7.98. The first-order chi connectivity index (χ1) is 9.52. The molecule has 1 rings (SSSR count). The molecule has 0 saturated heterocycles. The highest BCUT2D eigenvalue weighted by Crippen LogP contribution is 2.20. The Morgan fingerprint density at radius 2 is 2.05 bits per heavy atom. The molecule has 5 nitrogen and oxygen atoms in total. The maximum absolute atomic E-state index is 12.6. The third-order valence-corrected chi connectivity index (χ3v) is 4.02. The van der Waals surface area contributed by atoms with Crippen molar-refractivity contribution < 1.29 is 10.0 Å². The summed E-state index contributed by atoms with van der Waals surface area (Å²) in [7, 11) is 1.74. The summed E-state index contributed by atoms with van der Waals surface area (Å²) >= 11 is 1.67. The molecule has 3 N–H and O–H groups in total. The van der Waals surface area contributed by atoms with E-state index >= 15 is 0 Å². The summed E-state index contributed by atoms with van der Waals surface area (Å²) in [4.78, 5) is 14.3. The molecule has 110 valence electrons. The number of hydrogen-bond acceptors (Lipinski definition) is 4. The van der Waals surface area contributed by atoms with Crippen molar-refractivity contribution in [3.05, 3.63) is 35.9 Å². The zero-order chi connectivity index (χ0) is 15.1. The van der Waals surface area contributed by atoms with E-state index in [0.717, 1.165) is 11.3 Å². The second-order valence-electron chi connectivity index (χ2n) is 4.62. The number of nitrogens with zero attached hydrogens (tertiary/aromatic N) is 2. The van der Waals surface area contributed by atoms with Gasteiger partial charge in [0, 0.05) is 18.8 Å². The van der Waals surface area contributed by atoms with Gasteiger partial charge in [-0.15, -0.1) is 0 Å². The average Bonchev–Trinajstić information content (AvgIpc) is 2.47. The number of oxime groups is 1. The molecule has 0 aliphatic rings. The van der Waals surface area contributed by atoms with Crippen molar-refractivity contribution in [3.63, 3.8) is 0 Å². The van der Waals surface area contributed by atoms with Gasteiger partial charge < -0.3 is 15.8 Å². The lowest BCUT2D eigenvalue weighted by molar-refractivity contribution is -0.131. The average molecular weight is 295 g/mol. The molecule has 0 aliphatic carbocycles. The first kappa shape index (κ1) is 16.4. The van der Waals surface area contributed by atoms with E-state index in [1.807, 2.05) is 31.4 Å². The lowest BCUT2D eigenvalue weighted by atomic mass is 9.96. The molecule has 0 bridgehead atoms. The molecule has 0 spiro atoms. The van der Waals surface area contributed by atoms with Gasteiger partial charge in [0.25, 0.3) is 0 Å². The Bertz CT molecular complexity index is 465. The van der Waals surface area contributed by atoms with Crippen LogP contribution in [0.1, 0.15) is 18.4 Å². The summed E-state index contributed by atoms with van der Waals surface area (Å²) in [5.74, 6) is -0.187. The van der Waals surface area contributed by atoms with Crippen LogP contribution in [0.5, 0.6) is 0 Å². The van der Waals surface area contributed by atoms with Crippen molar-refractivity contribution in [1.82, 2.24) is 4.90 Å². The molecule has 0 aromatic heterocycles. The number of rotatable bonds is 6. The Kier molecular flexibility index (Phi) is 6.38. The maximum Gasteiger partial charge on any atom is 0.237 e. The van der Waals surface area contributed by atoms with E-state index in [2.05, 4.69) is 5.16 Å². The van der Waals surface area contributed by atoms with Crippen LogP contribution >= 0.6 is 11.8 Å². The number of carbonyl (C=O) groups is 1. The second kappa shape index (κ2) is 7.79. The number of carbonyl (C=O) groups excluding carboxylic acids is 1. The Morgan fingerprint density at radius 1 is 1.45 bits per heavy atom. The minimum absolute atomic E-state index is 0.0789. The van der Waals surface area contributed by atoms with Gasteiger partial charge in [-0.2, -0.15) is 11.8 Å². The van der Waals surface area contributed by atoms with Crippen LogP contribution in [0.3, 0.4) is 0 Å². The number of likely N-dealkylation sites (N-methyl/N-ethyl adjacent to an activating group) is 1. The van der Waals surface area contributed by atoms with Gasteiger partial charge in [-0.3, -0.25) is 4.79 Å². The Morgan fingerprint density at radius 3 is 2.55 bits per heavy atom. The fourth-order valence-electron chi connectivity index (χ4n) is 1.92. The zero-order valence-corrected chi connectivity index (χ0v) is 12.8. The molecule has 2 atom stereocenters. The molecule has 0 radical (unpaired) electrons. The van der Waals surface area contributed by atoms with Crippen LogP contribution in [-0.2, 0) is 4.79 Å². The standard InChI is InChI=1S/C14H21N3O2S/c1-10(9-20-3)17(2)14(18)12(13(15)16-19)11-7-5-4-6-8-11/h4-8,10,12,19H,9H2,1-3H3,(H2,15,16). The first-order valence-electron chi connectivity index (χ1n) is 6.30. The third-order valence-electron chi connectivity index (χ3n) is 3.21. The summed E-state index contributed by atoms with van der Waals surface area (Å²) in [6, 6.07) is 9.19. The van der Waals surface area contributed by atoms with Gasteiger partial charge in [0.05, 0.1) is 0 Å². The van der Waals surface area contributed by atoms with Crippen LogP contribution in [0, 0.1) is 0 Å². The molecule has 1 aromatic carbocycles. The smallest absolute Gasteiger partial charge is 0.237 e. The highest BCUT2D eigenvalue weighted by atomic mass is 32.2. The number of hydrogen-bond donors (Lipinski definition) is 2. The normalized spacial score (nSPS) is 14.7. The monoisotopic (exact) mass is 295 g/mol. The quantitative estimate of drug-likeness (QED) is 0.362. The van der Waals surface area contributed by atoms with Crippen molar-refractivity contribution >= 4 is 23.5 Å². The molecule has 0 aliphatic heterocycles. The topological polar surface area (TPSA) is 78.9 Å².